The lowest BCUT2D eigenvalue weighted by molar-refractivity contribution is 0.0890. The molecule has 0 fully saturated rings. The lowest BCUT2D eigenvalue weighted by Crippen LogP contribution is -2.31. The molecule has 7 nitrogen and oxygen atoms in total. The van der Waals surface area contributed by atoms with E-state index < -0.39 is 0 Å². The number of fused-ring (bicyclic) bond motifs is 3. The Balaban J connectivity index is 1.46. The SMILES string of the molecule is CCOc1ccccc1Oc1coc2c3c(ccc2c1=O)OCN(Cc1ccncc1)C3. The van der Waals surface area contributed by atoms with Gasteiger partial charge in [-0.2, -0.15) is 0 Å². The number of aromatic nitrogens is 1. The number of ether oxygens (including phenoxy) is 3. The van der Waals surface area contributed by atoms with Crippen molar-refractivity contribution in [2.45, 2.75) is 20.0 Å². The third kappa shape index (κ3) is 3.90. The number of para-hydroxylation sites is 2. The highest BCUT2D eigenvalue weighted by atomic mass is 16.5. The molecular weight excluding hydrogens is 408 g/mol. The maximum Gasteiger partial charge on any atom is 0.235 e. The van der Waals surface area contributed by atoms with Crippen molar-refractivity contribution >= 4 is 11.0 Å². The zero-order chi connectivity index (χ0) is 21.9. The molecule has 5 rings (SSSR count). The van der Waals surface area contributed by atoms with Crippen LogP contribution in [0, 0.1) is 0 Å². The van der Waals surface area contributed by atoms with Crippen molar-refractivity contribution in [1.82, 2.24) is 9.88 Å². The van der Waals surface area contributed by atoms with Gasteiger partial charge in [-0.25, -0.2) is 0 Å². The van der Waals surface area contributed by atoms with Crippen molar-refractivity contribution in [1.29, 1.82) is 0 Å². The fourth-order valence-electron chi connectivity index (χ4n) is 3.78. The molecule has 0 N–H and O–H groups in total. The third-order valence-corrected chi connectivity index (χ3v) is 5.28. The molecule has 7 heteroatoms. The van der Waals surface area contributed by atoms with Gasteiger partial charge in [-0.15, -0.1) is 0 Å². The van der Waals surface area contributed by atoms with Crippen LogP contribution in [0.15, 0.2) is 76.4 Å². The molecule has 1 aliphatic heterocycles. The van der Waals surface area contributed by atoms with Gasteiger partial charge in [-0.1, -0.05) is 12.1 Å². The van der Waals surface area contributed by atoms with Crippen molar-refractivity contribution in [3.8, 4) is 23.0 Å². The number of hydrogen-bond donors (Lipinski definition) is 0. The van der Waals surface area contributed by atoms with Crippen LogP contribution in [0.5, 0.6) is 23.0 Å². The summed E-state index contributed by atoms with van der Waals surface area (Å²) in [4.78, 5) is 19.4. The van der Waals surface area contributed by atoms with E-state index in [1.165, 1.54) is 6.26 Å². The summed E-state index contributed by atoms with van der Waals surface area (Å²) in [6, 6.07) is 14.7. The van der Waals surface area contributed by atoms with E-state index >= 15 is 0 Å². The molecule has 0 amide bonds. The van der Waals surface area contributed by atoms with Gasteiger partial charge < -0.3 is 18.6 Å². The first kappa shape index (κ1) is 20.1. The van der Waals surface area contributed by atoms with Gasteiger partial charge >= 0.3 is 0 Å². The summed E-state index contributed by atoms with van der Waals surface area (Å²) in [5.41, 5.74) is 2.25. The molecule has 0 saturated carbocycles. The second-order valence-corrected chi connectivity index (χ2v) is 7.45. The van der Waals surface area contributed by atoms with Crippen LogP contribution in [0.1, 0.15) is 18.1 Å². The first-order valence-corrected chi connectivity index (χ1v) is 10.4. The van der Waals surface area contributed by atoms with E-state index in [1.807, 2.05) is 37.3 Å². The van der Waals surface area contributed by atoms with Crippen molar-refractivity contribution < 1.29 is 18.6 Å². The average molecular weight is 430 g/mol. The summed E-state index contributed by atoms with van der Waals surface area (Å²) in [6.07, 6.45) is 4.90. The minimum atomic E-state index is -0.244. The number of hydrogen-bond acceptors (Lipinski definition) is 7. The largest absolute Gasteiger partial charge is 0.490 e. The minimum Gasteiger partial charge on any atom is -0.490 e. The van der Waals surface area contributed by atoms with Crippen LogP contribution in [0.25, 0.3) is 11.0 Å². The van der Waals surface area contributed by atoms with Gasteiger partial charge in [0.1, 0.15) is 24.3 Å². The molecule has 4 aromatic rings. The Labute approximate surface area is 184 Å². The average Bonchev–Trinajstić information content (AvgIpc) is 2.83. The van der Waals surface area contributed by atoms with Crippen LogP contribution < -0.4 is 19.6 Å². The van der Waals surface area contributed by atoms with Crippen molar-refractivity contribution in [3.05, 3.63) is 88.5 Å². The molecule has 0 aliphatic carbocycles. The molecular formula is C25H22N2O5. The first-order valence-electron chi connectivity index (χ1n) is 10.4. The summed E-state index contributed by atoms with van der Waals surface area (Å²) in [5.74, 6) is 1.86. The van der Waals surface area contributed by atoms with E-state index in [0.717, 1.165) is 16.9 Å². The quantitative estimate of drug-likeness (QED) is 0.438. The Hall–Kier alpha value is -3.84. The zero-order valence-electron chi connectivity index (χ0n) is 17.6. The van der Waals surface area contributed by atoms with E-state index in [-0.39, 0.29) is 11.2 Å². The Morgan fingerprint density at radius 3 is 2.66 bits per heavy atom. The topological polar surface area (TPSA) is 74.0 Å². The van der Waals surface area contributed by atoms with Crippen LogP contribution >= 0.6 is 0 Å². The molecule has 2 aromatic heterocycles. The maximum atomic E-state index is 13.2. The van der Waals surface area contributed by atoms with Crippen molar-refractivity contribution in [2.24, 2.45) is 0 Å². The highest BCUT2D eigenvalue weighted by molar-refractivity contribution is 5.83. The molecule has 0 bridgehead atoms. The van der Waals surface area contributed by atoms with E-state index in [9.17, 15) is 4.79 Å². The Bertz CT molecular complexity index is 1300. The predicted octanol–water partition coefficient (Wildman–Crippen LogP) is 4.73. The number of rotatable bonds is 6. The Morgan fingerprint density at radius 1 is 1.03 bits per heavy atom. The molecule has 0 unspecified atom stereocenters. The summed E-state index contributed by atoms with van der Waals surface area (Å²) >= 11 is 0. The summed E-state index contributed by atoms with van der Waals surface area (Å²) in [6.45, 7) is 4.16. The highest BCUT2D eigenvalue weighted by Crippen LogP contribution is 2.34. The summed E-state index contributed by atoms with van der Waals surface area (Å²) < 4.78 is 23.3. The van der Waals surface area contributed by atoms with Gasteiger partial charge in [-0.3, -0.25) is 14.7 Å². The molecule has 3 heterocycles. The van der Waals surface area contributed by atoms with Crippen LogP contribution in [-0.2, 0) is 13.1 Å². The van der Waals surface area contributed by atoms with Crippen LogP contribution in [0.4, 0.5) is 0 Å². The minimum absolute atomic E-state index is 0.106. The lowest BCUT2D eigenvalue weighted by atomic mass is 10.1. The molecule has 0 spiro atoms. The number of pyridine rings is 1. The maximum absolute atomic E-state index is 13.2. The molecule has 1 aliphatic rings. The monoisotopic (exact) mass is 430 g/mol. The molecule has 2 aromatic carbocycles. The second kappa shape index (κ2) is 8.72. The standard InChI is InChI=1S/C25H22N2O5/c1-2-29-21-5-3-4-6-22(21)32-23-15-30-25-18(24(23)28)7-8-20-19(25)14-27(16-31-20)13-17-9-11-26-12-10-17/h3-12,15H,2,13-14,16H2,1H3. The van der Waals surface area contributed by atoms with E-state index in [2.05, 4.69) is 9.88 Å². The number of benzene rings is 2. The zero-order valence-corrected chi connectivity index (χ0v) is 17.6. The van der Waals surface area contributed by atoms with Crippen LogP contribution in [0.2, 0.25) is 0 Å². The van der Waals surface area contributed by atoms with E-state index in [4.69, 9.17) is 18.6 Å². The summed E-state index contributed by atoms with van der Waals surface area (Å²) in [7, 11) is 0. The van der Waals surface area contributed by atoms with Crippen LogP contribution in [-0.4, -0.2) is 23.2 Å². The smallest absolute Gasteiger partial charge is 0.235 e. The fourth-order valence-corrected chi connectivity index (χ4v) is 3.78. The van der Waals surface area contributed by atoms with E-state index in [1.54, 1.807) is 30.6 Å². The summed E-state index contributed by atoms with van der Waals surface area (Å²) in [5, 5.41) is 0.449. The highest BCUT2D eigenvalue weighted by Gasteiger charge is 2.23. The molecule has 162 valence electrons. The predicted molar refractivity (Wildman–Crippen MR) is 119 cm³/mol. The molecule has 0 atom stereocenters. The normalized spacial score (nSPS) is 13.4. The van der Waals surface area contributed by atoms with Crippen LogP contribution in [0.3, 0.4) is 0 Å². The van der Waals surface area contributed by atoms with Gasteiger partial charge in [-0.05, 0) is 48.9 Å². The first-order chi connectivity index (χ1) is 15.7. The van der Waals surface area contributed by atoms with E-state index in [0.29, 0.717) is 48.9 Å². The lowest BCUT2D eigenvalue weighted by Gasteiger charge is -2.29. The van der Waals surface area contributed by atoms with Crippen molar-refractivity contribution in [3.63, 3.8) is 0 Å². The van der Waals surface area contributed by atoms with Gasteiger partial charge in [0.05, 0.1) is 17.6 Å². The van der Waals surface area contributed by atoms with Gasteiger partial charge in [0.15, 0.2) is 11.5 Å². The molecule has 0 radical (unpaired) electrons. The Kier molecular flexibility index (Phi) is 5.47. The van der Waals surface area contributed by atoms with Gasteiger partial charge in [0.2, 0.25) is 11.2 Å². The fraction of sp³-hybridized carbons (Fsp3) is 0.200. The van der Waals surface area contributed by atoms with Gasteiger partial charge in [0, 0.05) is 25.5 Å². The molecule has 32 heavy (non-hydrogen) atoms. The van der Waals surface area contributed by atoms with Gasteiger partial charge in [0.25, 0.3) is 0 Å². The Morgan fingerprint density at radius 2 is 1.84 bits per heavy atom. The second-order valence-electron chi connectivity index (χ2n) is 7.45. The third-order valence-electron chi connectivity index (χ3n) is 5.28. The van der Waals surface area contributed by atoms with Crippen molar-refractivity contribution in [2.75, 3.05) is 13.3 Å². The number of nitrogens with zero attached hydrogens (tertiary/aromatic N) is 2. The molecule has 0 saturated heterocycles.